The van der Waals surface area contributed by atoms with Gasteiger partial charge >= 0.3 is 0 Å². The minimum atomic E-state index is -0.112. The molecule has 4 N–H and O–H groups in total. The quantitative estimate of drug-likeness (QED) is 0.206. The van der Waals surface area contributed by atoms with Crippen molar-refractivity contribution in [1.82, 2.24) is 20.2 Å². The van der Waals surface area contributed by atoms with Gasteiger partial charge in [0.05, 0.1) is 12.0 Å². The summed E-state index contributed by atoms with van der Waals surface area (Å²) in [5.41, 5.74) is 4.69. The van der Waals surface area contributed by atoms with E-state index in [1.807, 2.05) is 54.6 Å². The second-order valence-corrected chi connectivity index (χ2v) is 7.51. The Morgan fingerprint density at radius 3 is 2.82 bits per heavy atom. The summed E-state index contributed by atoms with van der Waals surface area (Å²) < 4.78 is 2.22. The number of hydrogen-bond donors (Lipinski definition) is 3. The first-order chi connectivity index (χ1) is 13.6. The molecule has 0 saturated heterocycles. The molecule has 0 aliphatic carbocycles. The first-order valence-electron chi connectivity index (χ1n) is 8.30. The number of nitrogens with one attached hydrogen (secondary N) is 2. The lowest BCUT2D eigenvalue weighted by Gasteiger charge is -2.05. The summed E-state index contributed by atoms with van der Waals surface area (Å²) in [6, 6.07) is 17.4. The van der Waals surface area contributed by atoms with Crippen LogP contribution in [-0.4, -0.2) is 32.7 Å². The number of carbonyl (C=O) groups is 1. The molecule has 0 unspecified atom stereocenters. The molecule has 0 aliphatic heterocycles. The third-order valence-electron chi connectivity index (χ3n) is 3.56. The Labute approximate surface area is 174 Å². The van der Waals surface area contributed by atoms with Crippen molar-refractivity contribution in [3.05, 3.63) is 70.2 Å². The molecule has 0 atom stereocenters. The normalized spacial score (nSPS) is 10.9. The van der Waals surface area contributed by atoms with E-state index >= 15 is 0 Å². The molecule has 2 aromatic carbocycles. The Bertz CT molecular complexity index is 962. The highest BCUT2D eigenvalue weighted by atomic mass is 79.9. The van der Waals surface area contributed by atoms with E-state index < -0.39 is 0 Å². The summed E-state index contributed by atoms with van der Waals surface area (Å²) in [7, 11) is 0. The fourth-order valence-electron chi connectivity index (χ4n) is 2.18. The van der Waals surface area contributed by atoms with Crippen LogP contribution in [-0.2, 0) is 11.3 Å². The van der Waals surface area contributed by atoms with Gasteiger partial charge < -0.3 is 11.2 Å². The molecule has 1 aromatic heterocycles. The number of halogens is 1. The van der Waals surface area contributed by atoms with E-state index in [1.165, 1.54) is 16.4 Å². The number of hydrogen-bond acceptors (Lipinski definition) is 7. The van der Waals surface area contributed by atoms with Crippen molar-refractivity contribution in [3.8, 4) is 0 Å². The summed E-state index contributed by atoms with van der Waals surface area (Å²) in [6.07, 6.45) is 1.64. The Hall–Kier alpha value is -2.85. The summed E-state index contributed by atoms with van der Waals surface area (Å²) in [6.45, 7) is 0.479. The summed E-state index contributed by atoms with van der Waals surface area (Å²) in [5.74, 6) is 6.30. The number of benzene rings is 2. The van der Waals surface area contributed by atoms with Crippen LogP contribution in [0.25, 0.3) is 0 Å². The fraction of sp³-hybridized carbons (Fsp3) is 0.111. The smallest absolute Gasteiger partial charge is 0.264 e. The maximum atomic E-state index is 12.0. The van der Waals surface area contributed by atoms with Gasteiger partial charge in [0.15, 0.2) is 0 Å². The molecule has 10 heteroatoms. The maximum Gasteiger partial charge on any atom is 0.264 e. The molecule has 1 amide bonds. The van der Waals surface area contributed by atoms with Crippen molar-refractivity contribution >= 4 is 45.8 Å². The Kier molecular flexibility index (Phi) is 7.04. The first kappa shape index (κ1) is 19.9. The largest absolute Gasteiger partial charge is 0.351 e. The number of nitrogen functional groups attached to an aromatic ring is 1. The highest BCUT2D eigenvalue weighted by molar-refractivity contribution is 9.10. The van der Waals surface area contributed by atoms with Crippen molar-refractivity contribution in [2.45, 2.75) is 11.7 Å². The Balaban J connectivity index is 1.48. The van der Waals surface area contributed by atoms with Gasteiger partial charge in [-0.3, -0.25) is 4.79 Å². The molecule has 3 rings (SSSR count). The highest BCUT2D eigenvalue weighted by Gasteiger charge is 2.11. The van der Waals surface area contributed by atoms with Gasteiger partial charge in [0.1, 0.15) is 0 Å². The minimum Gasteiger partial charge on any atom is -0.351 e. The van der Waals surface area contributed by atoms with Gasteiger partial charge in [-0.05, 0) is 23.3 Å². The zero-order chi connectivity index (χ0) is 19.8. The fourth-order valence-corrected chi connectivity index (χ4v) is 3.28. The van der Waals surface area contributed by atoms with Gasteiger partial charge in [0.2, 0.25) is 11.1 Å². The molecule has 0 spiro atoms. The zero-order valence-corrected chi connectivity index (χ0v) is 17.2. The standard InChI is InChI=1S/C18H18BrN7OS/c19-15-8-4-7-14(9-15)11-22-23-17-24-25-18(26(17)20)28-12-16(27)21-10-13-5-2-1-3-6-13/h1-9,11H,10,12,20H2,(H,21,27)(H,23,24)/b22-11+. The highest BCUT2D eigenvalue weighted by Crippen LogP contribution is 2.16. The van der Waals surface area contributed by atoms with E-state index in [-0.39, 0.29) is 17.6 Å². The number of thioether (sulfide) groups is 1. The van der Waals surface area contributed by atoms with Gasteiger partial charge in [-0.25, -0.2) is 10.1 Å². The van der Waals surface area contributed by atoms with Crippen molar-refractivity contribution in [2.24, 2.45) is 5.10 Å². The van der Waals surface area contributed by atoms with Crippen LogP contribution >= 0.6 is 27.7 Å². The molecule has 144 valence electrons. The van der Waals surface area contributed by atoms with Crippen LogP contribution in [0, 0.1) is 0 Å². The first-order valence-corrected chi connectivity index (χ1v) is 10.1. The van der Waals surface area contributed by atoms with Gasteiger partial charge in [0.25, 0.3) is 5.95 Å². The summed E-state index contributed by atoms with van der Waals surface area (Å²) in [5, 5.41) is 15.3. The minimum absolute atomic E-state index is 0.112. The van der Waals surface area contributed by atoms with Gasteiger partial charge in [-0.2, -0.15) is 5.10 Å². The SMILES string of the molecule is Nn1c(N/N=C/c2cccc(Br)c2)nnc1SCC(=O)NCc1ccccc1. The molecule has 1 heterocycles. The Morgan fingerprint density at radius 2 is 2.04 bits per heavy atom. The van der Waals surface area contributed by atoms with Crippen molar-refractivity contribution in [2.75, 3.05) is 17.0 Å². The van der Waals surface area contributed by atoms with Crippen LogP contribution in [0.1, 0.15) is 11.1 Å². The molecule has 28 heavy (non-hydrogen) atoms. The molecule has 0 bridgehead atoms. The van der Waals surface area contributed by atoms with Gasteiger partial charge in [0, 0.05) is 11.0 Å². The predicted molar refractivity (Wildman–Crippen MR) is 115 cm³/mol. The van der Waals surface area contributed by atoms with Crippen molar-refractivity contribution in [3.63, 3.8) is 0 Å². The van der Waals surface area contributed by atoms with Crippen LogP contribution in [0.2, 0.25) is 0 Å². The molecule has 0 radical (unpaired) electrons. The van der Waals surface area contributed by atoms with Crippen LogP contribution < -0.4 is 16.6 Å². The number of hydrazone groups is 1. The number of anilines is 1. The Morgan fingerprint density at radius 1 is 1.21 bits per heavy atom. The molecule has 0 saturated carbocycles. The monoisotopic (exact) mass is 459 g/mol. The average Bonchev–Trinajstić information content (AvgIpc) is 3.05. The molecule has 0 aliphatic rings. The number of nitrogens with zero attached hydrogens (tertiary/aromatic N) is 4. The molecule has 8 nitrogen and oxygen atoms in total. The van der Waals surface area contributed by atoms with Crippen molar-refractivity contribution < 1.29 is 4.79 Å². The third-order valence-corrected chi connectivity index (χ3v) is 4.99. The number of aromatic nitrogens is 3. The molecule has 3 aromatic rings. The number of carbonyl (C=O) groups excluding carboxylic acids is 1. The number of rotatable bonds is 8. The van der Waals surface area contributed by atoms with Gasteiger partial charge in [-0.15, -0.1) is 10.2 Å². The van der Waals surface area contributed by atoms with Crippen LogP contribution in [0.4, 0.5) is 5.95 Å². The topological polar surface area (TPSA) is 110 Å². The maximum absolute atomic E-state index is 12.0. The predicted octanol–water partition coefficient (Wildman–Crippen LogP) is 2.61. The summed E-state index contributed by atoms with van der Waals surface area (Å²) >= 11 is 4.60. The number of nitrogens with two attached hydrogens (primary N) is 1. The summed E-state index contributed by atoms with van der Waals surface area (Å²) in [4.78, 5) is 12.0. The lowest BCUT2D eigenvalue weighted by Crippen LogP contribution is -2.25. The van der Waals surface area contributed by atoms with E-state index in [0.717, 1.165) is 15.6 Å². The second-order valence-electron chi connectivity index (χ2n) is 5.65. The second kappa shape index (κ2) is 9.90. The lowest BCUT2D eigenvalue weighted by molar-refractivity contribution is -0.118. The number of amides is 1. The lowest BCUT2D eigenvalue weighted by atomic mass is 10.2. The van der Waals surface area contributed by atoms with E-state index in [1.54, 1.807) is 6.21 Å². The van der Waals surface area contributed by atoms with Crippen LogP contribution in [0.5, 0.6) is 0 Å². The zero-order valence-electron chi connectivity index (χ0n) is 14.7. The molecular weight excluding hydrogens is 442 g/mol. The molecular formula is C18H18BrN7OS. The van der Waals surface area contributed by atoms with Gasteiger partial charge in [-0.1, -0.05) is 70.2 Å². The average molecular weight is 460 g/mol. The third kappa shape index (κ3) is 5.83. The van der Waals surface area contributed by atoms with E-state index in [2.05, 4.69) is 42.0 Å². The molecule has 0 fully saturated rings. The van der Waals surface area contributed by atoms with E-state index in [9.17, 15) is 4.79 Å². The van der Waals surface area contributed by atoms with E-state index in [0.29, 0.717) is 11.7 Å². The van der Waals surface area contributed by atoms with Crippen LogP contribution in [0.15, 0.2) is 69.3 Å². The van der Waals surface area contributed by atoms with Crippen LogP contribution in [0.3, 0.4) is 0 Å². The van der Waals surface area contributed by atoms with E-state index in [4.69, 9.17) is 5.84 Å². The van der Waals surface area contributed by atoms with Crippen molar-refractivity contribution in [1.29, 1.82) is 0 Å².